The predicted octanol–water partition coefficient (Wildman–Crippen LogP) is 4.34. The van der Waals surface area contributed by atoms with Crippen molar-refractivity contribution in [2.75, 3.05) is 26.2 Å². The molecule has 11 heteroatoms. The minimum Gasteiger partial charge on any atom is -0.447 e. The molecular weight excluding hydrogens is 492 g/mol. The Bertz CT molecular complexity index is 1220. The van der Waals surface area contributed by atoms with Gasteiger partial charge in [-0.05, 0) is 35.4 Å². The number of nitrogens with zero attached hydrogens (tertiary/aromatic N) is 4. The first-order valence-corrected chi connectivity index (χ1v) is 11.7. The maximum Gasteiger partial charge on any atom is 0.416 e. The van der Waals surface area contributed by atoms with Crippen molar-refractivity contribution >= 4 is 11.8 Å². The van der Waals surface area contributed by atoms with E-state index in [1.54, 1.807) is 21.9 Å². The Hall–Kier alpha value is -3.73. The Labute approximate surface area is 211 Å². The van der Waals surface area contributed by atoms with Crippen molar-refractivity contribution in [2.45, 2.75) is 32.7 Å². The molecule has 0 saturated carbocycles. The van der Waals surface area contributed by atoms with Crippen molar-refractivity contribution in [3.05, 3.63) is 88.9 Å². The van der Waals surface area contributed by atoms with Crippen LogP contribution in [0, 0.1) is 5.82 Å². The first-order chi connectivity index (χ1) is 17.6. The van der Waals surface area contributed by atoms with E-state index in [-0.39, 0.29) is 42.3 Å². The third-order valence-electron chi connectivity index (χ3n) is 6.15. The van der Waals surface area contributed by atoms with Crippen molar-refractivity contribution in [3.63, 3.8) is 0 Å². The van der Waals surface area contributed by atoms with Gasteiger partial charge in [0.15, 0.2) is 5.69 Å². The molecule has 3 aromatic rings. The Morgan fingerprint density at radius 1 is 0.892 bits per heavy atom. The van der Waals surface area contributed by atoms with Crippen LogP contribution < -0.4 is 0 Å². The summed E-state index contributed by atoms with van der Waals surface area (Å²) < 4.78 is 57.7. The number of piperazine rings is 1. The van der Waals surface area contributed by atoms with Gasteiger partial charge in [0.2, 0.25) is 11.8 Å². The second kappa shape index (κ2) is 11.1. The fourth-order valence-corrected chi connectivity index (χ4v) is 4.13. The van der Waals surface area contributed by atoms with Gasteiger partial charge in [0, 0.05) is 46.2 Å². The summed E-state index contributed by atoms with van der Waals surface area (Å²) in [5.74, 6) is -0.450. The summed E-state index contributed by atoms with van der Waals surface area (Å²) >= 11 is 0. The van der Waals surface area contributed by atoms with Gasteiger partial charge in [-0.25, -0.2) is 9.37 Å². The molecule has 4 rings (SSSR count). The molecule has 0 bridgehead atoms. The van der Waals surface area contributed by atoms with Crippen LogP contribution in [0.5, 0.6) is 0 Å². The van der Waals surface area contributed by atoms with Crippen LogP contribution >= 0.6 is 0 Å². The van der Waals surface area contributed by atoms with E-state index in [0.29, 0.717) is 38.3 Å². The molecule has 0 N–H and O–H groups in total. The van der Waals surface area contributed by atoms with Crippen LogP contribution in [0.1, 0.15) is 40.0 Å². The molecule has 2 amide bonds. The van der Waals surface area contributed by atoms with Crippen LogP contribution in [0.3, 0.4) is 0 Å². The van der Waals surface area contributed by atoms with Crippen molar-refractivity contribution in [1.29, 1.82) is 0 Å². The van der Waals surface area contributed by atoms with Gasteiger partial charge in [-0.1, -0.05) is 24.3 Å². The molecule has 2 heterocycles. The second-order valence-corrected chi connectivity index (χ2v) is 8.89. The van der Waals surface area contributed by atoms with Gasteiger partial charge in [-0.2, -0.15) is 13.2 Å². The Morgan fingerprint density at radius 2 is 1.43 bits per heavy atom. The fraction of sp³-hybridized carbons (Fsp3) is 0.346. The van der Waals surface area contributed by atoms with Crippen LogP contribution in [0.2, 0.25) is 0 Å². The normalized spacial score (nSPS) is 14.3. The summed E-state index contributed by atoms with van der Waals surface area (Å²) in [6.07, 6.45) is -3.14. The molecule has 37 heavy (non-hydrogen) atoms. The molecule has 0 atom stereocenters. The summed E-state index contributed by atoms with van der Waals surface area (Å²) in [7, 11) is 0. The summed E-state index contributed by atoms with van der Waals surface area (Å²) in [5.41, 5.74) is 0.838. The number of amides is 2. The van der Waals surface area contributed by atoms with Gasteiger partial charge in [0.1, 0.15) is 12.1 Å². The number of halogens is 4. The van der Waals surface area contributed by atoms with Gasteiger partial charge < -0.3 is 14.2 Å². The summed E-state index contributed by atoms with van der Waals surface area (Å²) in [4.78, 5) is 33.9. The summed E-state index contributed by atoms with van der Waals surface area (Å²) in [5, 5.41) is 0. The lowest BCUT2D eigenvalue weighted by Gasteiger charge is -2.33. The zero-order chi connectivity index (χ0) is 26.6. The molecule has 1 aliphatic rings. The predicted molar refractivity (Wildman–Crippen MR) is 125 cm³/mol. The zero-order valence-corrected chi connectivity index (χ0v) is 20.2. The minimum absolute atomic E-state index is 0.0369. The lowest BCUT2D eigenvalue weighted by molar-refractivity contribution is -0.137. The molecule has 0 spiro atoms. The molecule has 196 valence electrons. The number of alkyl halides is 3. The number of rotatable bonds is 7. The highest BCUT2D eigenvalue weighted by molar-refractivity contribution is 5.92. The molecule has 1 fully saturated rings. The summed E-state index contributed by atoms with van der Waals surface area (Å²) in [6.45, 7) is 3.97. The quantitative estimate of drug-likeness (QED) is 0.436. The topological polar surface area (TPSA) is 69.9 Å². The van der Waals surface area contributed by atoms with Gasteiger partial charge in [0.25, 0.3) is 5.91 Å². The third-order valence-corrected chi connectivity index (χ3v) is 6.15. The standard InChI is InChI=1S/C26H26F4N4O3/c1-18(35)33-10-12-34(13-11-33)25(36)23-17-37-24(31-23)16-32(15-20-4-8-22(27)9-5-20)14-19-2-6-21(7-3-19)26(28,29)30/h2-9,17H,10-16H2,1H3. The van der Waals surface area contributed by atoms with Crippen LogP contribution in [0.15, 0.2) is 59.2 Å². The van der Waals surface area contributed by atoms with Crippen LogP contribution in [0.4, 0.5) is 17.6 Å². The van der Waals surface area contributed by atoms with Crippen molar-refractivity contribution in [1.82, 2.24) is 19.7 Å². The van der Waals surface area contributed by atoms with Crippen molar-refractivity contribution in [3.8, 4) is 0 Å². The number of oxazole rings is 1. The maximum absolute atomic E-state index is 13.4. The molecule has 2 aromatic carbocycles. The maximum atomic E-state index is 13.4. The molecular formula is C26H26F4N4O3. The molecule has 1 aliphatic heterocycles. The lowest BCUT2D eigenvalue weighted by Crippen LogP contribution is -2.50. The molecule has 7 nitrogen and oxygen atoms in total. The Morgan fingerprint density at radius 3 is 1.97 bits per heavy atom. The lowest BCUT2D eigenvalue weighted by atomic mass is 10.1. The molecule has 0 aliphatic carbocycles. The fourth-order valence-electron chi connectivity index (χ4n) is 4.13. The van der Waals surface area contributed by atoms with Gasteiger partial charge in [0.05, 0.1) is 12.1 Å². The first kappa shape index (κ1) is 26.3. The smallest absolute Gasteiger partial charge is 0.416 e. The third kappa shape index (κ3) is 6.94. The minimum atomic E-state index is -4.42. The number of hydrogen-bond acceptors (Lipinski definition) is 5. The van der Waals surface area contributed by atoms with Crippen LogP contribution in [-0.2, 0) is 30.6 Å². The van der Waals surface area contributed by atoms with Crippen LogP contribution in [-0.4, -0.2) is 57.7 Å². The molecule has 1 aromatic heterocycles. The monoisotopic (exact) mass is 518 g/mol. The second-order valence-electron chi connectivity index (χ2n) is 8.89. The molecule has 0 radical (unpaired) electrons. The average Bonchev–Trinajstić information content (AvgIpc) is 3.33. The van der Waals surface area contributed by atoms with E-state index in [4.69, 9.17) is 4.42 Å². The van der Waals surface area contributed by atoms with E-state index in [2.05, 4.69) is 4.98 Å². The first-order valence-electron chi connectivity index (χ1n) is 11.7. The van der Waals surface area contributed by atoms with Gasteiger partial charge in [-0.15, -0.1) is 0 Å². The van der Waals surface area contributed by atoms with Gasteiger partial charge in [-0.3, -0.25) is 14.5 Å². The Kier molecular flexibility index (Phi) is 7.91. The van der Waals surface area contributed by atoms with E-state index in [1.165, 1.54) is 37.5 Å². The highest BCUT2D eigenvalue weighted by Gasteiger charge is 2.30. The Balaban J connectivity index is 1.46. The zero-order valence-electron chi connectivity index (χ0n) is 20.2. The largest absolute Gasteiger partial charge is 0.447 e. The van der Waals surface area contributed by atoms with E-state index in [9.17, 15) is 27.2 Å². The highest BCUT2D eigenvalue weighted by Crippen LogP contribution is 2.29. The molecule has 0 unspecified atom stereocenters. The average molecular weight is 519 g/mol. The number of benzene rings is 2. The van der Waals surface area contributed by atoms with E-state index < -0.39 is 11.7 Å². The number of carbonyl (C=O) groups is 2. The number of aromatic nitrogens is 1. The summed E-state index contributed by atoms with van der Waals surface area (Å²) in [6, 6.07) is 10.8. The van der Waals surface area contributed by atoms with Crippen molar-refractivity contribution in [2.24, 2.45) is 0 Å². The van der Waals surface area contributed by atoms with Gasteiger partial charge >= 0.3 is 6.18 Å². The SMILES string of the molecule is CC(=O)N1CCN(C(=O)c2coc(CN(Cc3ccc(F)cc3)Cc3ccc(C(F)(F)F)cc3)n2)CC1. The highest BCUT2D eigenvalue weighted by atomic mass is 19.4. The van der Waals surface area contributed by atoms with E-state index in [0.717, 1.165) is 17.7 Å². The van der Waals surface area contributed by atoms with E-state index in [1.807, 2.05) is 4.90 Å². The molecule has 1 saturated heterocycles. The van der Waals surface area contributed by atoms with E-state index >= 15 is 0 Å². The number of carbonyl (C=O) groups excluding carboxylic acids is 2. The number of hydrogen-bond donors (Lipinski definition) is 0. The van der Waals surface area contributed by atoms with Crippen LogP contribution in [0.25, 0.3) is 0 Å². The van der Waals surface area contributed by atoms with Crippen molar-refractivity contribution < 1.29 is 31.6 Å².